The fraction of sp³-hybridized carbons (Fsp3) is 0. The van der Waals surface area contributed by atoms with Crippen LogP contribution < -0.4 is 5.73 Å². The minimum Gasteiger partial charge on any atom is -0.396 e. The molecule has 2 rings (SSSR count). The molecule has 0 saturated heterocycles. The van der Waals surface area contributed by atoms with Crippen LogP contribution in [0.5, 0.6) is 0 Å². The number of aromatic nitrogens is 1. The maximum atomic E-state index is 13.0. The predicted molar refractivity (Wildman–Crippen MR) is 72.7 cm³/mol. The third-order valence-electron chi connectivity index (χ3n) is 1.92. The molecule has 2 aromatic rings. The minimum absolute atomic E-state index is 0.183. The summed E-state index contributed by atoms with van der Waals surface area (Å²) in [6.45, 7) is 0. The van der Waals surface area contributed by atoms with Crippen molar-refractivity contribution in [2.75, 3.05) is 5.73 Å². The van der Waals surface area contributed by atoms with Gasteiger partial charge in [-0.15, -0.1) is 0 Å². The summed E-state index contributed by atoms with van der Waals surface area (Å²) in [6, 6.07) is 4.35. The first kappa shape index (κ1) is 12.5. The first-order valence-corrected chi connectivity index (χ1v) is 6.48. The van der Waals surface area contributed by atoms with Crippen molar-refractivity contribution in [3.8, 4) is 0 Å². The number of benzene rings is 1. The number of nitrogen functional groups attached to an aromatic ring is 1. The largest absolute Gasteiger partial charge is 0.396 e. The molecule has 17 heavy (non-hydrogen) atoms. The highest BCUT2D eigenvalue weighted by atomic mass is 79.9. The van der Waals surface area contributed by atoms with Crippen molar-refractivity contribution in [3.63, 3.8) is 0 Å². The van der Waals surface area contributed by atoms with Gasteiger partial charge in [-0.25, -0.2) is 9.38 Å². The lowest BCUT2D eigenvalue weighted by Gasteiger charge is -1.99. The zero-order valence-electron chi connectivity index (χ0n) is 8.32. The van der Waals surface area contributed by atoms with Crippen molar-refractivity contribution in [2.24, 2.45) is 4.99 Å². The van der Waals surface area contributed by atoms with Crippen molar-refractivity contribution < 1.29 is 4.39 Å². The first-order valence-electron chi connectivity index (χ1n) is 4.47. The molecule has 88 valence electrons. The van der Waals surface area contributed by atoms with Crippen LogP contribution in [0.4, 0.5) is 15.8 Å². The van der Waals surface area contributed by atoms with Gasteiger partial charge in [0.2, 0.25) is 0 Å². The summed E-state index contributed by atoms with van der Waals surface area (Å²) < 4.78 is 17.4. The topological polar surface area (TPSA) is 51.3 Å². The van der Waals surface area contributed by atoms with Crippen LogP contribution in [0.3, 0.4) is 0 Å². The van der Waals surface area contributed by atoms with Crippen LogP contribution in [0, 0.1) is 5.82 Å². The monoisotopic (exact) mass is 333 g/mol. The second-order valence-electron chi connectivity index (χ2n) is 3.12. The molecule has 7 heteroatoms. The molecular formula is C10H6BrClFN3S. The molecule has 1 heterocycles. The standard InChI is InChI=1S/C10H6BrClFN3S/c11-6-3-5(1-2-7(6)13)15-10(12)9-8(14)4-17-16-9/h1-4H,14H2/b15-10-. The number of nitrogens with two attached hydrogens (primary N) is 1. The van der Waals surface area contributed by atoms with Gasteiger partial charge in [-0.3, -0.25) is 0 Å². The summed E-state index contributed by atoms with van der Waals surface area (Å²) in [5, 5.41) is 1.86. The SMILES string of the molecule is Nc1csnc1/C(Cl)=N/c1ccc(F)c(Br)c1. The quantitative estimate of drug-likeness (QED) is 0.846. The molecule has 3 nitrogen and oxygen atoms in total. The third-order valence-corrected chi connectivity index (χ3v) is 3.44. The van der Waals surface area contributed by atoms with Crippen molar-refractivity contribution in [2.45, 2.75) is 0 Å². The molecule has 0 aliphatic carbocycles. The van der Waals surface area contributed by atoms with E-state index < -0.39 is 0 Å². The summed E-state index contributed by atoms with van der Waals surface area (Å²) in [5.41, 5.74) is 7.10. The van der Waals surface area contributed by atoms with Gasteiger partial charge in [-0.2, -0.15) is 4.37 Å². The van der Waals surface area contributed by atoms with Gasteiger partial charge in [0.1, 0.15) is 11.5 Å². The van der Waals surface area contributed by atoms with E-state index >= 15 is 0 Å². The van der Waals surface area contributed by atoms with Gasteiger partial charge in [0.25, 0.3) is 0 Å². The lowest BCUT2D eigenvalue weighted by molar-refractivity contribution is 0.621. The molecule has 2 N–H and O–H groups in total. The van der Waals surface area contributed by atoms with Crippen molar-refractivity contribution in [1.82, 2.24) is 4.37 Å². The normalized spacial score (nSPS) is 11.8. The second-order valence-corrected chi connectivity index (χ2v) is 4.96. The fourth-order valence-electron chi connectivity index (χ4n) is 1.12. The van der Waals surface area contributed by atoms with E-state index in [0.717, 1.165) is 0 Å². The van der Waals surface area contributed by atoms with Crippen molar-refractivity contribution in [1.29, 1.82) is 0 Å². The van der Waals surface area contributed by atoms with Gasteiger partial charge in [0.05, 0.1) is 15.8 Å². The van der Waals surface area contributed by atoms with Gasteiger partial charge >= 0.3 is 0 Å². The Morgan fingerprint density at radius 3 is 2.88 bits per heavy atom. The molecule has 0 amide bonds. The van der Waals surface area contributed by atoms with Crippen molar-refractivity contribution >= 4 is 55.6 Å². The van der Waals surface area contributed by atoms with E-state index in [1.165, 1.54) is 29.7 Å². The fourth-order valence-corrected chi connectivity index (χ4v) is 2.36. The predicted octanol–water partition coefficient (Wildman–Crippen LogP) is 3.94. The van der Waals surface area contributed by atoms with E-state index in [1.807, 2.05) is 0 Å². The number of hydrogen-bond donors (Lipinski definition) is 1. The first-order chi connectivity index (χ1) is 8.08. The van der Waals surface area contributed by atoms with E-state index in [-0.39, 0.29) is 11.0 Å². The lowest BCUT2D eigenvalue weighted by atomic mass is 10.3. The molecule has 1 aromatic heterocycles. The van der Waals surface area contributed by atoms with E-state index in [9.17, 15) is 4.39 Å². The maximum absolute atomic E-state index is 13.0. The Labute approximate surface area is 114 Å². The number of hydrogen-bond acceptors (Lipinski definition) is 4. The summed E-state index contributed by atoms with van der Waals surface area (Å²) in [5.74, 6) is -0.353. The molecule has 0 bridgehead atoms. The van der Waals surface area contributed by atoms with Crippen molar-refractivity contribution in [3.05, 3.63) is 39.6 Å². The van der Waals surface area contributed by atoms with E-state index in [1.54, 1.807) is 5.38 Å². The molecule has 0 radical (unpaired) electrons. The number of aliphatic imine (C=N–C) groups is 1. The smallest absolute Gasteiger partial charge is 0.158 e. The Morgan fingerprint density at radius 2 is 2.29 bits per heavy atom. The Bertz CT molecular complexity index is 585. The molecule has 0 spiro atoms. The molecule has 0 aliphatic rings. The van der Waals surface area contributed by atoms with Crippen LogP contribution in [-0.2, 0) is 0 Å². The van der Waals surface area contributed by atoms with Gasteiger partial charge in [-0.1, -0.05) is 11.6 Å². The third kappa shape index (κ3) is 2.83. The summed E-state index contributed by atoms with van der Waals surface area (Å²) >= 11 is 10.3. The average Bonchev–Trinajstić information content (AvgIpc) is 2.70. The van der Waals surface area contributed by atoms with E-state index in [4.69, 9.17) is 17.3 Å². The highest BCUT2D eigenvalue weighted by Gasteiger charge is 2.08. The van der Waals surface area contributed by atoms with Gasteiger partial charge in [0.15, 0.2) is 5.17 Å². The molecule has 1 aromatic carbocycles. The number of anilines is 1. The second kappa shape index (κ2) is 5.12. The van der Waals surface area contributed by atoms with Crippen LogP contribution in [0.15, 0.2) is 33.0 Å². The van der Waals surface area contributed by atoms with Crippen LogP contribution in [0.25, 0.3) is 0 Å². The van der Waals surface area contributed by atoms with Crippen LogP contribution in [0.1, 0.15) is 5.69 Å². The summed E-state index contributed by atoms with van der Waals surface area (Å²) in [6.07, 6.45) is 0. The maximum Gasteiger partial charge on any atom is 0.158 e. The highest BCUT2D eigenvalue weighted by molar-refractivity contribution is 9.10. The van der Waals surface area contributed by atoms with E-state index in [0.29, 0.717) is 21.5 Å². The number of rotatable bonds is 2. The zero-order valence-corrected chi connectivity index (χ0v) is 11.5. The molecule has 0 atom stereocenters. The molecule has 0 saturated carbocycles. The Kier molecular flexibility index (Phi) is 3.76. The van der Waals surface area contributed by atoms with Gasteiger partial charge < -0.3 is 5.73 Å². The number of nitrogens with zero attached hydrogens (tertiary/aromatic N) is 2. The molecule has 0 fully saturated rings. The van der Waals surface area contributed by atoms with Gasteiger partial charge in [0, 0.05) is 5.38 Å². The lowest BCUT2D eigenvalue weighted by Crippen LogP contribution is -1.96. The minimum atomic E-state index is -0.353. The molecule has 0 aliphatic heterocycles. The summed E-state index contributed by atoms with van der Waals surface area (Å²) in [7, 11) is 0. The van der Waals surface area contributed by atoms with Crippen LogP contribution in [-0.4, -0.2) is 9.54 Å². The molecular weight excluding hydrogens is 329 g/mol. The Balaban J connectivity index is 2.36. The van der Waals surface area contributed by atoms with E-state index in [2.05, 4.69) is 25.3 Å². The van der Waals surface area contributed by atoms with Crippen LogP contribution >= 0.6 is 39.1 Å². The Morgan fingerprint density at radius 1 is 1.53 bits per heavy atom. The zero-order chi connectivity index (χ0) is 12.4. The summed E-state index contributed by atoms with van der Waals surface area (Å²) in [4.78, 5) is 4.11. The number of halogens is 3. The highest BCUT2D eigenvalue weighted by Crippen LogP contribution is 2.24. The van der Waals surface area contributed by atoms with Gasteiger partial charge in [-0.05, 0) is 45.7 Å². The Hall–Kier alpha value is -0.980. The van der Waals surface area contributed by atoms with Crippen LogP contribution in [0.2, 0.25) is 0 Å². The average molecular weight is 335 g/mol. The molecule has 0 unspecified atom stereocenters.